The second kappa shape index (κ2) is 4.84. The van der Waals surface area contributed by atoms with Gasteiger partial charge in [0.15, 0.2) is 0 Å². The van der Waals surface area contributed by atoms with Gasteiger partial charge in [0.05, 0.1) is 0 Å². The Balaban J connectivity index is 2.19. The molecule has 4 nitrogen and oxygen atoms in total. The van der Waals surface area contributed by atoms with Crippen molar-refractivity contribution in [3.63, 3.8) is 0 Å². The van der Waals surface area contributed by atoms with Gasteiger partial charge in [0.25, 0.3) is 0 Å². The third-order valence-corrected chi connectivity index (χ3v) is 2.27. The van der Waals surface area contributed by atoms with Gasteiger partial charge in [0.1, 0.15) is 0 Å². The second-order valence-electron chi connectivity index (χ2n) is 3.41. The summed E-state index contributed by atoms with van der Waals surface area (Å²) in [5.41, 5.74) is 5.00. The van der Waals surface area contributed by atoms with Crippen LogP contribution < -0.4 is 5.73 Å². The summed E-state index contributed by atoms with van der Waals surface area (Å²) in [6.45, 7) is 1.53. The maximum Gasteiger partial charge on any atom is 0.222 e. The summed E-state index contributed by atoms with van der Waals surface area (Å²) in [5.74, 6) is -0.0693. The first-order chi connectivity index (χ1) is 6.20. The fraction of sp³-hybridized carbons (Fsp3) is 0.778. The van der Waals surface area contributed by atoms with Crippen LogP contribution in [0.1, 0.15) is 32.1 Å². The van der Waals surface area contributed by atoms with Gasteiger partial charge in [0, 0.05) is 25.9 Å². The SMILES string of the molecule is NC(=O)CCCN1CCCCC1=O. The summed E-state index contributed by atoms with van der Waals surface area (Å²) in [4.78, 5) is 23.5. The van der Waals surface area contributed by atoms with E-state index in [9.17, 15) is 9.59 Å². The highest BCUT2D eigenvalue weighted by molar-refractivity contribution is 5.77. The highest BCUT2D eigenvalue weighted by Crippen LogP contribution is 2.10. The zero-order valence-corrected chi connectivity index (χ0v) is 7.79. The topological polar surface area (TPSA) is 63.4 Å². The van der Waals surface area contributed by atoms with E-state index >= 15 is 0 Å². The molecule has 0 radical (unpaired) electrons. The highest BCUT2D eigenvalue weighted by Gasteiger charge is 2.16. The van der Waals surface area contributed by atoms with Crippen LogP contribution in [-0.2, 0) is 9.59 Å². The molecule has 1 rings (SSSR count). The molecule has 1 aliphatic rings. The largest absolute Gasteiger partial charge is 0.370 e. The summed E-state index contributed by atoms with van der Waals surface area (Å²) in [5, 5.41) is 0. The van der Waals surface area contributed by atoms with E-state index in [0.29, 0.717) is 25.8 Å². The first kappa shape index (κ1) is 10.0. The van der Waals surface area contributed by atoms with E-state index in [1.54, 1.807) is 0 Å². The van der Waals surface area contributed by atoms with Crippen molar-refractivity contribution < 1.29 is 9.59 Å². The Labute approximate surface area is 78.1 Å². The molecule has 0 saturated carbocycles. The smallest absolute Gasteiger partial charge is 0.222 e. The van der Waals surface area contributed by atoms with E-state index < -0.39 is 0 Å². The number of nitrogens with zero attached hydrogens (tertiary/aromatic N) is 1. The van der Waals surface area contributed by atoms with Crippen molar-refractivity contribution in [2.24, 2.45) is 5.73 Å². The van der Waals surface area contributed by atoms with Crippen LogP contribution in [0, 0.1) is 0 Å². The molecule has 0 aromatic carbocycles. The monoisotopic (exact) mass is 184 g/mol. The molecule has 1 saturated heterocycles. The van der Waals surface area contributed by atoms with Crippen molar-refractivity contribution in [3.8, 4) is 0 Å². The van der Waals surface area contributed by atoms with E-state index in [1.807, 2.05) is 4.90 Å². The molecule has 0 aliphatic carbocycles. The third kappa shape index (κ3) is 3.44. The molecule has 0 aromatic rings. The number of piperidine rings is 1. The molecule has 2 amide bonds. The Morgan fingerprint density at radius 1 is 1.46 bits per heavy atom. The first-order valence-electron chi connectivity index (χ1n) is 4.76. The van der Waals surface area contributed by atoms with Crippen LogP contribution in [-0.4, -0.2) is 29.8 Å². The van der Waals surface area contributed by atoms with E-state index in [2.05, 4.69) is 0 Å². The van der Waals surface area contributed by atoms with Crippen LogP contribution in [0.5, 0.6) is 0 Å². The Morgan fingerprint density at radius 2 is 2.23 bits per heavy atom. The van der Waals surface area contributed by atoms with Gasteiger partial charge >= 0.3 is 0 Å². The number of amides is 2. The van der Waals surface area contributed by atoms with Gasteiger partial charge in [-0.1, -0.05) is 0 Å². The Bertz CT molecular complexity index is 204. The van der Waals surface area contributed by atoms with Gasteiger partial charge in [-0.2, -0.15) is 0 Å². The lowest BCUT2D eigenvalue weighted by Gasteiger charge is -2.26. The lowest BCUT2D eigenvalue weighted by Crippen LogP contribution is -2.36. The van der Waals surface area contributed by atoms with E-state index in [1.165, 1.54) is 0 Å². The number of primary amides is 1. The van der Waals surface area contributed by atoms with Crippen LogP contribution >= 0.6 is 0 Å². The zero-order valence-electron chi connectivity index (χ0n) is 7.79. The van der Waals surface area contributed by atoms with Gasteiger partial charge in [0.2, 0.25) is 11.8 Å². The van der Waals surface area contributed by atoms with Crippen molar-refractivity contribution in [3.05, 3.63) is 0 Å². The van der Waals surface area contributed by atoms with Crippen LogP contribution in [0.4, 0.5) is 0 Å². The molecule has 0 atom stereocenters. The lowest BCUT2D eigenvalue weighted by molar-refractivity contribution is -0.133. The maximum absolute atomic E-state index is 11.3. The van der Waals surface area contributed by atoms with Gasteiger partial charge in [-0.25, -0.2) is 0 Å². The lowest BCUT2D eigenvalue weighted by atomic mass is 10.1. The molecular formula is C9H16N2O2. The van der Waals surface area contributed by atoms with Crippen molar-refractivity contribution in [2.75, 3.05) is 13.1 Å². The van der Waals surface area contributed by atoms with Crippen LogP contribution in [0.2, 0.25) is 0 Å². The van der Waals surface area contributed by atoms with Crippen LogP contribution in [0.25, 0.3) is 0 Å². The summed E-state index contributed by atoms with van der Waals surface area (Å²) in [7, 11) is 0. The number of carbonyl (C=O) groups is 2. The average molecular weight is 184 g/mol. The minimum atomic E-state index is -0.288. The van der Waals surface area contributed by atoms with Crippen LogP contribution in [0.3, 0.4) is 0 Å². The molecular weight excluding hydrogens is 168 g/mol. The number of hydrogen-bond donors (Lipinski definition) is 1. The minimum absolute atomic E-state index is 0.218. The quantitative estimate of drug-likeness (QED) is 0.681. The standard InChI is InChI=1S/C9H16N2O2/c10-8(12)4-3-7-11-6-2-1-5-9(11)13/h1-7H2,(H2,10,12). The van der Waals surface area contributed by atoms with Crippen molar-refractivity contribution in [1.82, 2.24) is 4.90 Å². The number of likely N-dealkylation sites (tertiary alicyclic amines) is 1. The van der Waals surface area contributed by atoms with Gasteiger partial charge in [-0.05, 0) is 19.3 Å². The van der Waals surface area contributed by atoms with Crippen molar-refractivity contribution in [1.29, 1.82) is 0 Å². The number of rotatable bonds is 4. The predicted octanol–water partition coefficient (Wildman–Crippen LogP) is 0.264. The second-order valence-corrected chi connectivity index (χ2v) is 3.41. The van der Waals surface area contributed by atoms with Gasteiger partial charge < -0.3 is 10.6 Å². The zero-order chi connectivity index (χ0) is 9.68. The molecule has 74 valence electrons. The number of nitrogens with two attached hydrogens (primary N) is 1. The average Bonchev–Trinajstić information content (AvgIpc) is 2.08. The Kier molecular flexibility index (Phi) is 3.73. The maximum atomic E-state index is 11.3. The molecule has 0 unspecified atom stereocenters. The molecule has 0 spiro atoms. The van der Waals surface area contributed by atoms with Crippen LogP contribution in [0.15, 0.2) is 0 Å². The van der Waals surface area contributed by atoms with E-state index in [0.717, 1.165) is 19.4 Å². The molecule has 0 bridgehead atoms. The molecule has 0 aromatic heterocycles. The van der Waals surface area contributed by atoms with Gasteiger partial charge in [-0.3, -0.25) is 9.59 Å². The predicted molar refractivity (Wildman–Crippen MR) is 48.9 cm³/mol. The summed E-state index contributed by atoms with van der Waals surface area (Å²) < 4.78 is 0. The normalized spacial score (nSPS) is 17.5. The molecule has 1 fully saturated rings. The molecule has 13 heavy (non-hydrogen) atoms. The summed E-state index contributed by atoms with van der Waals surface area (Å²) in [6.07, 6.45) is 3.83. The number of carbonyl (C=O) groups excluding carboxylic acids is 2. The Morgan fingerprint density at radius 3 is 2.85 bits per heavy atom. The van der Waals surface area contributed by atoms with Gasteiger partial charge in [-0.15, -0.1) is 0 Å². The first-order valence-corrected chi connectivity index (χ1v) is 4.76. The van der Waals surface area contributed by atoms with Crippen molar-refractivity contribution >= 4 is 11.8 Å². The third-order valence-electron chi connectivity index (χ3n) is 2.27. The van der Waals surface area contributed by atoms with E-state index in [4.69, 9.17) is 5.73 Å². The Hall–Kier alpha value is -1.06. The molecule has 1 heterocycles. The summed E-state index contributed by atoms with van der Waals surface area (Å²) in [6, 6.07) is 0. The summed E-state index contributed by atoms with van der Waals surface area (Å²) >= 11 is 0. The molecule has 2 N–H and O–H groups in total. The molecule has 4 heteroatoms. The minimum Gasteiger partial charge on any atom is -0.370 e. The fourth-order valence-electron chi connectivity index (χ4n) is 1.54. The van der Waals surface area contributed by atoms with E-state index in [-0.39, 0.29) is 11.8 Å². The van der Waals surface area contributed by atoms with Crippen molar-refractivity contribution in [2.45, 2.75) is 32.1 Å². The fourth-order valence-corrected chi connectivity index (χ4v) is 1.54. The molecule has 1 aliphatic heterocycles. The highest BCUT2D eigenvalue weighted by atomic mass is 16.2. The number of hydrogen-bond acceptors (Lipinski definition) is 2.